The van der Waals surface area contributed by atoms with Gasteiger partial charge in [-0.15, -0.1) is 0 Å². The van der Waals surface area contributed by atoms with Crippen molar-refractivity contribution in [3.63, 3.8) is 0 Å². The number of aryl methyl sites for hydroxylation is 1. The van der Waals surface area contributed by atoms with Gasteiger partial charge in [-0.3, -0.25) is 4.40 Å². The van der Waals surface area contributed by atoms with E-state index in [2.05, 4.69) is 27.8 Å². The van der Waals surface area contributed by atoms with Crippen LogP contribution in [0.2, 0.25) is 0 Å². The number of anilines is 2. The number of imidazole rings is 1. The predicted octanol–water partition coefficient (Wildman–Crippen LogP) is 2.21. The molecule has 2 rings (SSSR count). The van der Waals surface area contributed by atoms with Crippen LogP contribution in [-0.4, -0.2) is 9.38 Å². The first-order chi connectivity index (χ1) is 7.13. The fourth-order valence-electron chi connectivity index (χ4n) is 1.62. The largest absolute Gasteiger partial charge is 0.396 e. The number of nitrogens with two attached hydrogens (primary N) is 2. The van der Waals surface area contributed by atoms with E-state index in [1.165, 1.54) is 0 Å². The van der Waals surface area contributed by atoms with Crippen molar-refractivity contribution in [2.45, 2.75) is 19.8 Å². The number of aromatic nitrogens is 2. The Bertz CT molecular complexity index is 504. The van der Waals surface area contributed by atoms with Crippen LogP contribution in [-0.2, 0) is 6.42 Å². The van der Waals surface area contributed by atoms with Crippen LogP contribution in [0.1, 0.15) is 19.0 Å². The van der Waals surface area contributed by atoms with Crippen molar-refractivity contribution in [2.75, 3.05) is 11.5 Å². The summed E-state index contributed by atoms with van der Waals surface area (Å²) in [5, 5.41) is 0. The molecule has 0 unspecified atom stereocenters. The van der Waals surface area contributed by atoms with E-state index >= 15 is 0 Å². The summed E-state index contributed by atoms with van der Waals surface area (Å²) in [6.07, 6.45) is 3.78. The van der Waals surface area contributed by atoms with Crippen molar-refractivity contribution in [2.24, 2.45) is 0 Å². The van der Waals surface area contributed by atoms with Crippen LogP contribution in [0.15, 0.2) is 16.7 Å². The summed E-state index contributed by atoms with van der Waals surface area (Å²) >= 11 is 3.38. The number of rotatable bonds is 2. The van der Waals surface area contributed by atoms with Crippen molar-refractivity contribution in [3.8, 4) is 0 Å². The van der Waals surface area contributed by atoms with Crippen LogP contribution < -0.4 is 11.5 Å². The molecular formula is C10H13BrN4. The average molecular weight is 269 g/mol. The van der Waals surface area contributed by atoms with Gasteiger partial charge in [0.25, 0.3) is 0 Å². The van der Waals surface area contributed by atoms with E-state index < -0.39 is 0 Å². The van der Waals surface area contributed by atoms with Crippen LogP contribution in [0.4, 0.5) is 11.5 Å². The Morgan fingerprint density at radius 1 is 1.47 bits per heavy atom. The molecule has 0 saturated carbocycles. The molecule has 0 fully saturated rings. The van der Waals surface area contributed by atoms with Gasteiger partial charge in [0.1, 0.15) is 5.82 Å². The highest BCUT2D eigenvalue weighted by Gasteiger charge is 2.10. The lowest BCUT2D eigenvalue weighted by Crippen LogP contribution is -1.97. The number of fused-ring (bicyclic) bond motifs is 1. The van der Waals surface area contributed by atoms with Gasteiger partial charge in [0.05, 0.1) is 11.4 Å². The van der Waals surface area contributed by atoms with E-state index in [1.807, 2.05) is 16.7 Å². The smallest absolute Gasteiger partial charge is 0.162 e. The molecule has 2 aromatic heterocycles. The van der Waals surface area contributed by atoms with E-state index in [-0.39, 0.29) is 0 Å². The third kappa shape index (κ3) is 1.67. The van der Waals surface area contributed by atoms with E-state index in [0.29, 0.717) is 11.5 Å². The van der Waals surface area contributed by atoms with Crippen LogP contribution in [0, 0.1) is 0 Å². The standard InChI is InChI=1S/C10H13BrN4/c1-2-3-8-9(13)15-5-6(11)4-7(12)10(15)14-8/h4-5H,2-3,12-13H2,1H3. The van der Waals surface area contributed by atoms with E-state index in [1.54, 1.807) is 0 Å². The Hall–Kier alpha value is -1.23. The fourth-order valence-corrected chi connectivity index (χ4v) is 2.07. The lowest BCUT2D eigenvalue weighted by Gasteiger charge is -2.00. The highest BCUT2D eigenvalue weighted by atomic mass is 79.9. The third-order valence-electron chi connectivity index (χ3n) is 2.32. The molecule has 15 heavy (non-hydrogen) atoms. The first-order valence-electron chi connectivity index (χ1n) is 4.85. The van der Waals surface area contributed by atoms with Gasteiger partial charge in [0.2, 0.25) is 0 Å². The van der Waals surface area contributed by atoms with Crippen molar-refractivity contribution in [3.05, 3.63) is 22.4 Å². The molecule has 2 heterocycles. The zero-order valence-corrected chi connectivity index (χ0v) is 10.1. The normalized spacial score (nSPS) is 11.1. The molecule has 2 aromatic rings. The summed E-state index contributed by atoms with van der Waals surface area (Å²) in [6, 6.07) is 1.83. The van der Waals surface area contributed by atoms with Gasteiger partial charge in [-0.2, -0.15) is 0 Å². The Morgan fingerprint density at radius 3 is 2.87 bits per heavy atom. The molecule has 0 aliphatic rings. The van der Waals surface area contributed by atoms with Crippen molar-refractivity contribution < 1.29 is 0 Å². The molecule has 4 N–H and O–H groups in total. The minimum absolute atomic E-state index is 0.637. The minimum Gasteiger partial charge on any atom is -0.396 e. The zero-order valence-electron chi connectivity index (χ0n) is 8.50. The zero-order chi connectivity index (χ0) is 11.0. The van der Waals surface area contributed by atoms with E-state index in [0.717, 1.165) is 28.7 Å². The molecule has 0 saturated heterocycles. The molecule has 0 aliphatic heterocycles. The maximum Gasteiger partial charge on any atom is 0.162 e. The quantitative estimate of drug-likeness (QED) is 0.878. The van der Waals surface area contributed by atoms with Crippen LogP contribution in [0.3, 0.4) is 0 Å². The summed E-state index contributed by atoms with van der Waals surface area (Å²) in [5.41, 5.74) is 14.1. The monoisotopic (exact) mass is 268 g/mol. The Balaban J connectivity index is 2.70. The molecule has 0 aromatic carbocycles. The maximum atomic E-state index is 5.99. The number of halogens is 1. The molecule has 5 heteroatoms. The number of hydrogen-bond acceptors (Lipinski definition) is 3. The molecular weight excluding hydrogens is 256 g/mol. The summed E-state index contributed by atoms with van der Waals surface area (Å²) in [4.78, 5) is 4.43. The second kappa shape index (κ2) is 3.73. The molecule has 0 spiro atoms. The lowest BCUT2D eigenvalue weighted by atomic mass is 10.2. The maximum absolute atomic E-state index is 5.99. The van der Waals surface area contributed by atoms with Crippen LogP contribution in [0.25, 0.3) is 5.65 Å². The molecule has 0 aliphatic carbocycles. The predicted molar refractivity (Wildman–Crippen MR) is 65.7 cm³/mol. The number of nitrogens with zero attached hydrogens (tertiary/aromatic N) is 2. The number of pyridine rings is 1. The second-order valence-electron chi connectivity index (χ2n) is 3.50. The SMILES string of the molecule is CCCc1nc2c(N)cc(Br)cn2c1N. The molecule has 4 nitrogen and oxygen atoms in total. The van der Waals surface area contributed by atoms with Gasteiger partial charge in [0.15, 0.2) is 5.65 Å². The van der Waals surface area contributed by atoms with E-state index in [4.69, 9.17) is 11.5 Å². The highest BCUT2D eigenvalue weighted by molar-refractivity contribution is 9.10. The topological polar surface area (TPSA) is 69.3 Å². The van der Waals surface area contributed by atoms with Gasteiger partial charge >= 0.3 is 0 Å². The summed E-state index contributed by atoms with van der Waals surface area (Å²) < 4.78 is 2.73. The summed E-state index contributed by atoms with van der Waals surface area (Å²) in [5.74, 6) is 0.680. The Morgan fingerprint density at radius 2 is 2.20 bits per heavy atom. The average Bonchev–Trinajstić information content (AvgIpc) is 2.47. The summed E-state index contributed by atoms with van der Waals surface area (Å²) in [7, 11) is 0. The van der Waals surface area contributed by atoms with Crippen molar-refractivity contribution >= 4 is 33.1 Å². The molecule has 80 valence electrons. The minimum atomic E-state index is 0.637. The van der Waals surface area contributed by atoms with Gasteiger partial charge in [-0.1, -0.05) is 13.3 Å². The van der Waals surface area contributed by atoms with Crippen LogP contribution in [0.5, 0.6) is 0 Å². The molecule has 0 amide bonds. The van der Waals surface area contributed by atoms with Crippen molar-refractivity contribution in [1.82, 2.24) is 9.38 Å². The van der Waals surface area contributed by atoms with Gasteiger partial charge in [-0.25, -0.2) is 4.98 Å². The van der Waals surface area contributed by atoms with Gasteiger partial charge < -0.3 is 11.5 Å². The van der Waals surface area contributed by atoms with Gasteiger partial charge in [-0.05, 0) is 28.4 Å². The van der Waals surface area contributed by atoms with Gasteiger partial charge in [0, 0.05) is 10.7 Å². The van der Waals surface area contributed by atoms with Crippen molar-refractivity contribution in [1.29, 1.82) is 0 Å². The molecule has 0 atom stereocenters. The third-order valence-corrected chi connectivity index (χ3v) is 2.75. The Kier molecular flexibility index (Phi) is 2.56. The number of nitrogen functional groups attached to an aromatic ring is 2. The second-order valence-corrected chi connectivity index (χ2v) is 4.42. The molecule has 0 bridgehead atoms. The first kappa shape index (κ1) is 10.3. The first-order valence-corrected chi connectivity index (χ1v) is 5.64. The van der Waals surface area contributed by atoms with Crippen LogP contribution >= 0.6 is 15.9 Å². The summed E-state index contributed by atoms with van der Waals surface area (Å²) in [6.45, 7) is 2.10. The molecule has 0 radical (unpaired) electrons. The lowest BCUT2D eigenvalue weighted by molar-refractivity contribution is 0.897. The van der Waals surface area contributed by atoms with E-state index in [9.17, 15) is 0 Å². The Labute approximate surface area is 96.4 Å². The number of hydrogen-bond donors (Lipinski definition) is 2. The highest BCUT2D eigenvalue weighted by Crippen LogP contribution is 2.24. The fraction of sp³-hybridized carbons (Fsp3) is 0.300.